The van der Waals surface area contributed by atoms with Crippen LogP contribution >= 0.6 is 0 Å². The average Bonchev–Trinajstić information content (AvgIpc) is 3.53. The third-order valence-electron chi connectivity index (χ3n) is 12.5. The van der Waals surface area contributed by atoms with Crippen molar-refractivity contribution < 1.29 is 14.5 Å². The highest BCUT2D eigenvalue weighted by atomic mass is 16.3. The summed E-state index contributed by atoms with van der Waals surface area (Å²) in [5, 5.41) is 16.8. The molecule has 2 aliphatic heterocycles. The molecule has 282 valence electrons. The molecule has 4 heteroatoms. The van der Waals surface area contributed by atoms with Crippen molar-refractivity contribution in [2.24, 2.45) is 0 Å². The number of benzene rings is 4. The van der Waals surface area contributed by atoms with Crippen LogP contribution in [0.3, 0.4) is 0 Å². The molecule has 0 amide bonds. The number of rotatable bonds is 16. The number of aliphatic hydroxyl groups is 1. The van der Waals surface area contributed by atoms with Crippen molar-refractivity contribution in [1.29, 1.82) is 0 Å². The zero-order valence-corrected chi connectivity index (χ0v) is 33.7. The van der Waals surface area contributed by atoms with Crippen LogP contribution < -0.4 is 4.90 Å². The van der Waals surface area contributed by atoms with Gasteiger partial charge in [-0.2, -0.15) is 4.58 Å². The lowest BCUT2D eigenvalue weighted by atomic mass is 9.76. The summed E-state index contributed by atoms with van der Waals surface area (Å²) >= 11 is 0. The molecule has 0 atom stereocenters. The number of fused-ring (bicyclic) bond motifs is 6. The molecule has 0 aromatic heterocycles. The van der Waals surface area contributed by atoms with Crippen molar-refractivity contribution in [3.05, 3.63) is 119 Å². The number of anilines is 1. The number of aliphatic hydroxyl groups excluding tert-OH is 1. The van der Waals surface area contributed by atoms with Gasteiger partial charge in [-0.05, 0) is 72.0 Å². The van der Waals surface area contributed by atoms with Gasteiger partial charge < -0.3 is 10.0 Å². The molecular weight excluding hydrogens is 661 g/mol. The number of hydrogen-bond acceptors (Lipinski definition) is 3. The summed E-state index contributed by atoms with van der Waals surface area (Å²) in [6.07, 6.45) is 18.7. The van der Waals surface area contributed by atoms with Crippen molar-refractivity contribution in [2.75, 3.05) is 18.0 Å². The number of allylic oxidation sites excluding steroid dienone is 5. The van der Waals surface area contributed by atoms with E-state index in [0.717, 1.165) is 37.3 Å². The Kier molecular flexibility index (Phi) is 11.0. The number of hydrogen-bond donors (Lipinski definition) is 1. The van der Waals surface area contributed by atoms with E-state index in [1.165, 1.54) is 108 Å². The molecule has 7 rings (SSSR count). The van der Waals surface area contributed by atoms with Gasteiger partial charge in [-0.3, -0.25) is 4.79 Å². The molecule has 0 unspecified atom stereocenters. The van der Waals surface area contributed by atoms with E-state index in [2.05, 4.69) is 124 Å². The van der Waals surface area contributed by atoms with Crippen molar-refractivity contribution >= 4 is 44.4 Å². The van der Waals surface area contributed by atoms with Gasteiger partial charge in [0.15, 0.2) is 5.71 Å². The Morgan fingerprint density at radius 2 is 1.22 bits per heavy atom. The second-order valence-corrected chi connectivity index (χ2v) is 17.0. The van der Waals surface area contributed by atoms with E-state index in [-0.39, 0.29) is 22.4 Å². The molecule has 4 aromatic rings. The Bertz CT molecular complexity index is 2190. The fraction of sp³-hybridized carbons (Fsp3) is 0.440. The first-order chi connectivity index (χ1) is 26.1. The number of ketones is 1. The molecule has 54 heavy (non-hydrogen) atoms. The normalized spacial score (nSPS) is 18.8. The first kappa shape index (κ1) is 37.9. The Morgan fingerprint density at radius 3 is 1.87 bits per heavy atom. The maximum absolute atomic E-state index is 14.3. The number of nitrogens with zero attached hydrogens (tertiary/aromatic N) is 2. The number of unbranched alkanes of at least 4 members (excludes halogenated alkanes) is 10. The van der Waals surface area contributed by atoms with E-state index in [9.17, 15) is 9.90 Å². The third-order valence-corrected chi connectivity index (χ3v) is 12.5. The molecular formula is C50H61N2O2+. The zero-order chi connectivity index (χ0) is 38.0. The largest absolute Gasteiger partial charge is 0.506 e. The maximum atomic E-state index is 14.3. The highest BCUT2D eigenvalue weighted by molar-refractivity contribution is 6.24. The van der Waals surface area contributed by atoms with Gasteiger partial charge in [0, 0.05) is 47.5 Å². The summed E-state index contributed by atoms with van der Waals surface area (Å²) in [6, 6.07) is 26.3. The molecule has 0 spiro atoms. The number of Topliss-reactive ketones (excluding diaryl/α,β-unsaturated/α-hetero) is 1. The van der Waals surface area contributed by atoms with Crippen molar-refractivity contribution in [3.63, 3.8) is 0 Å². The molecule has 3 aliphatic rings. The van der Waals surface area contributed by atoms with E-state index in [1.54, 1.807) is 0 Å². The predicted octanol–water partition coefficient (Wildman–Crippen LogP) is 13.1. The van der Waals surface area contributed by atoms with Crippen LogP contribution in [0.25, 0.3) is 21.5 Å². The lowest BCUT2D eigenvalue weighted by Crippen LogP contribution is -2.32. The minimum Gasteiger partial charge on any atom is -0.506 e. The zero-order valence-electron chi connectivity index (χ0n) is 33.7. The Hall–Kier alpha value is -4.44. The van der Waals surface area contributed by atoms with Crippen LogP contribution in [0.15, 0.2) is 108 Å². The van der Waals surface area contributed by atoms with Gasteiger partial charge in [0.05, 0.1) is 16.6 Å². The molecule has 1 aliphatic carbocycles. The number of carbonyl (C=O) groups is 1. The fourth-order valence-corrected chi connectivity index (χ4v) is 9.56. The smallest absolute Gasteiger partial charge is 0.210 e. The summed E-state index contributed by atoms with van der Waals surface area (Å²) in [4.78, 5) is 16.7. The highest BCUT2D eigenvalue weighted by Gasteiger charge is 2.48. The van der Waals surface area contributed by atoms with Crippen LogP contribution in [0, 0.1) is 0 Å². The molecule has 0 saturated heterocycles. The van der Waals surface area contributed by atoms with Crippen LogP contribution in [-0.4, -0.2) is 34.3 Å². The van der Waals surface area contributed by atoms with E-state index in [0.29, 0.717) is 11.1 Å². The first-order valence-electron chi connectivity index (χ1n) is 21.0. The lowest BCUT2D eigenvalue weighted by molar-refractivity contribution is -0.438. The predicted molar refractivity (Wildman–Crippen MR) is 229 cm³/mol. The van der Waals surface area contributed by atoms with Gasteiger partial charge >= 0.3 is 0 Å². The van der Waals surface area contributed by atoms with E-state index in [1.807, 2.05) is 12.2 Å². The van der Waals surface area contributed by atoms with E-state index in [4.69, 9.17) is 0 Å². The molecule has 0 bridgehead atoms. The van der Waals surface area contributed by atoms with Gasteiger partial charge in [0.2, 0.25) is 11.5 Å². The van der Waals surface area contributed by atoms with Crippen molar-refractivity contribution in [1.82, 2.24) is 0 Å². The SMILES string of the molecule is CCCCCCCCN1/C(=C/C2=C(O)C(=C/C3=[N+](CCCCCCCC)c4ccc5ccccc5c4C3(C)C)/C2=O)C(C)(C)c2c1ccc1ccccc21. The third kappa shape index (κ3) is 6.75. The maximum Gasteiger partial charge on any atom is 0.210 e. The fourth-order valence-electron chi connectivity index (χ4n) is 9.56. The Balaban J connectivity index is 1.26. The van der Waals surface area contributed by atoms with Crippen molar-refractivity contribution in [3.8, 4) is 0 Å². The molecule has 4 aromatic carbocycles. The second kappa shape index (κ2) is 15.7. The van der Waals surface area contributed by atoms with Crippen LogP contribution in [0.1, 0.15) is 130 Å². The number of carbonyl (C=O) groups excluding carboxylic acids is 1. The minimum atomic E-state index is -0.343. The molecule has 4 nitrogen and oxygen atoms in total. The summed E-state index contributed by atoms with van der Waals surface area (Å²) in [6.45, 7) is 15.4. The molecule has 0 fully saturated rings. The molecule has 1 N–H and O–H groups in total. The van der Waals surface area contributed by atoms with Crippen LogP contribution in [0.2, 0.25) is 0 Å². The second-order valence-electron chi connectivity index (χ2n) is 17.0. The summed E-state index contributed by atoms with van der Waals surface area (Å²) in [5.74, 6) is 0.0482. The lowest BCUT2D eigenvalue weighted by Gasteiger charge is -2.29. The highest BCUT2D eigenvalue weighted by Crippen LogP contribution is 2.52. The first-order valence-corrected chi connectivity index (χ1v) is 21.0. The molecule has 2 heterocycles. The Labute approximate surface area is 324 Å². The van der Waals surface area contributed by atoms with Crippen LogP contribution in [0.4, 0.5) is 11.4 Å². The van der Waals surface area contributed by atoms with Gasteiger partial charge in [0.25, 0.3) is 0 Å². The molecule has 0 saturated carbocycles. The van der Waals surface area contributed by atoms with Crippen molar-refractivity contribution in [2.45, 2.75) is 129 Å². The average molecular weight is 722 g/mol. The summed E-state index contributed by atoms with van der Waals surface area (Å²) in [7, 11) is 0. The van der Waals surface area contributed by atoms with E-state index < -0.39 is 0 Å². The standard InChI is InChI=1S/C50H60N2O2/c1-7-9-11-13-15-21-31-51-41-29-27-35-23-17-19-25-37(35)45(41)49(3,4)43(51)33-39-47(53)40(48(39)54)34-44-50(5,6)46-38-26-20-18-24-36(38)28-30-42(46)52(44)32-22-16-14-12-10-8-2/h17-20,23-30,33-34H,7-16,21-22,31-32H2,1-6H3/p+1. The monoisotopic (exact) mass is 721 g/mol. The van der Waals surface area contributed by atoms with Gasteiger partial charge in [-0.15, -0.1) is 0 Å². The van der Waals surface area contributed by atoms with Crippen LogP contribution in [-0.2, 0) is 15.6 Å². The van der Waals surface area contributed by atoms with E-state index >= 15 is 0 Å². The quantitative estimate of drug-likeness (QED) is 0.0712. The summed E-state index contributed by atoms with van der Waals surface area (Å²) in [5.41, 5.74) is 7.40. The minimum absolute atomic E-state index is 0.0697. The Morgan fingerprint density at radius 1 is 0.648 bits per heavy atom. The topological polar surface area (TPSA) is 43.5 Å². The van der Waals surface area contributed by atoms with Gasteiger partial charge in [0.1, 0.15) is 12.3 Å². The molecule has 0 radical (unpaired) electrons. The van der Waals surface area contributed by atoms with Gasteiger partial charge in [-0.25, -0.2) is 0 Å². The van der Waals surface area contributed by atoms with Crippen LogP contribution in [0.5, 0.6) is 0 Å². The van der Waals surface area contributed by atoms with Gasteiger partial charge in [-0.1, -0.05) is 140 Å². The summed E-state index contributed by atoms with van der Waals surface area (Å²) < 4.78 is 2.44.